The molecule has 23 heavy (non-hydrogen) atoms. The van der Waals surface area contributed by atoms with Crippen LogP contribution >= 0.6 is 35.0 Å². The smallest absolute Gasteiger partial charge is 0.253 e. The van der Waals surface area contributed by atoms with Gasteiger partial charge in [-0.1, -0.05) is 35.0 Å². The van der Waals surface area contributed by atoms with E-state index in [1.54, 1.807) is 48.1 Å². The Hall–Kier alpha value is -1.83. The summed E-state index contributed by atoms with van der Waals surface area (Å²) in [5.41, 5.74) is 0.473. The zero-order chi connectivity index (χ0) is 16.4. The summed E-state index contributed by atoms with van der Waals surface area (Å²) in [6.45, 7) is 1.76. The largest absolute Gasteiger partial charge is 0.324 e. The van der Waals surface area contributed by atoms with Crippen LogP contribution in [-0.4, -0.2) is 30.7 Å². The number of aromatic nitrogens is 4. The molecule has 1 unspecified atom stereocenters. The van der Waals surface area contributed by atoms with Crippen molar-refractivity contribution in [2.24, 2.45) is 0 Å². The Kier molecular flexibility index (Phi) is 4.70. The Labute approximate surface area is 146 Å². The monoisotopic (exact) mass is 367 g/mol. The lowest BCUT2D eigenvalue weighted by Gasteiger charge is -2.11. The van der Waals surface area contributed by atoms with Gasteiger partial charge in [-0.3, -0.25) is 4.79 Å². The molecule has 9 heteroatoms. The van der Waals surface area contributed by atoms with Crippen LogP contribution in [0.4, 0.5) is 5.69 Å². The fourth-order valence-electron chi connectivity index (χ4n) is 1.80. The predicted octanol–water partition coefficient (Wildman–Crippen LogP) is 3.55. The number of amides is 1. The van der Waals surface area contributed by atoms with E-state index in [1.807, 2.05) is 0 Å². The predicted molar refractivity (Wildman–Crippen MR) is 91.2 cm³/mol. The maximum atomic E-state index is 12.3. The van der Waals surface area contributed by atoms with E-state index < -0.39 is 5.25 Å². The first-order valence-corrected chi connectivity index (χ1v) is 8.26. The third-order valence-corrected chi connectivity index (χ3v) is 4.45. The summed E-state index contributed by atoms with van der Waals surface area (Å²) >= 11 is 13.2. The van der Waals surface area contributed by atoms with E-state index >= 15 is 0 Å². The van der Waals surface area contributed by atoms with Crippen LogP contribution in [0.2, 0.25) is 10.0 Å². The van der Waals surface area contributed by atoms with Crippen LogP contribution in [0, 0.1) is 0 Å². The zero-order valence-corrected chi connectivity index (χ0v) is 14.2. The third kappa shape index (κ3) is 3.74. The highest BCUT2D eigenvalue weighted by molar-refractivity contribution is 8.00. The van der Waals surface area contributed by atoms with Crippen molar-refractivity contribution in [2.45, 2.75) is 17.3 Å². The van der Waals surface area contributed by atoms with Crippen molar-refractivity contribution in [3.63, 3.8) is 0 Å². The molecular formula is C14H11Cl2N5OS. The molecule has 2 aromatic heterocycles. The molecule has 6 nitrogen and oxygen atoms in total. The van der Waals surface area contributed by atoms with Crippen LogP contribution < -0.4 is 5.32 Å². The van der Waals surface area contributed by atoms with Crippen molar-refractivity contribution in [3.05, 3.63) is 46.7 Å². The van der Waals surface area contributed by atoms with E-state index in [1.165, 1.54) is 11.8 Å². The number of halogens is 2. The lowest BCUT2D eigenvalue weighted by atomic mass is 10.3. The minimum absolute atomic E-state index is 0.217. The number of hydrogen-bond donors (Lipinski definition) is 1. The molecule has 0 aliphatic rings. The summed E-state index contributed by atoms with van der Waals surface area (Å²) in [5.74, 6) is 0.270. The molecule has 0 spiro atoms. The number of thioether (sulfide) groups is 1. The molecule has 0 aliphatic heterocycles. The van der Waals surface area contributed by atoms with Gasteiger partial charge in [0.15, 0.2) is 0 Å². The zero-order valence-electron chi connectivity index (χ0n) is 11.9. The van der Waals surface area contributed by atoms with Gasteiger partial charge in [-0.2, -0.15) is 4.98 Å². The van der Waals surface area contributed by atoms with Crippen LogP contribution in [0.3, 0.4) is 0 Å². The van der Waals surface area contributed by atoms with E-state index in [4.69, 9.17) is 23.2 Å². The van der Waals surface area contributed by atoms with Crippen molar-refractivity contribution in [1.29, 1.82) is 0 Å². The number of nitrogens with zero attached hydrogens (tertiary/aromatic N) is 4. The van der Waals surface area contributed by atoms with Crippen molar-refractivity contribution in [1.82, 2.24) is 19.6 Å². The van der Waals surface area contributed by atoms with Gasteiger partial charge in [0.25, 0.3) is 5.78 Å². The topological polar surface area (TPSA) is 72.2 Å². The lowest BCUT2D eigenvalue weighted by molar-refractivity contribution is -0.115. The fraction of sp³-hybridized carbons (Fsp3) is 0.143. The maximum Gasteiger partial charge on any atom is 0.253 e. The van der Waals surface area contributed by atoms with Crippen molar-refractivity contribution < 1.29 is 4.79 Å². The number of carbonyl (C=O) groups excluding carboxylic acids is 1. The summed E-state index contributed by atoms with van der Waals surface area (Å²) in [6.07, 6.45) is 3.38. The number of anilines is 1. The van der Waals surface area contributed by atoms with Crippen LogP contribution in [0.5, 0.6) is 0 Å². The highest BCUT2D eigenvalue weighted by Crippen LogP contribution is 2.27. The van der Waals surface area contributed by atoms with Crippen LogP contribution in [-0.2, 0) is 4.79 Å². The average molecular weight is 368 g/mol. The molecule has 1 amide bonds. The molecule has 118 valence electrons. The lowest BCUT2D eigenvalue weighted by Crippen LogP contribution is -2.22. The number of fused-ring (bicyclic) bond motifs is 1. The molecule has 0 fully saturated rings. The van der Waals surface area contributed by atoms with Gasteiger partial charge in [-0.25, -0.2) is 9.50 Å². The van der Waals surface area contributed by atoms with Gasteiger partial charge in [0, 0.05) is 17.4 Å². The molecule has 1 atom stereocenters. The molecule has 1 aromatic carbocycles. The van der Waals surface area contributed by atoms with Crippen molar-refractivity contribution >= 4 is 52.3 Å². The molecule has 0 aliphatic carbocycles. The second-order valence-electron chi connectivity index (χ2n) is 4.63. The van der Waals surface area contributed by atoms with Crippen molar-refractivity contribution in [3.8, 4) is 0 Å². The molecule has 3 rings (SSSR count). The third-order valence-electron chi connectivity index (χ3n) is 2.93. The van der Waals surface area contributed by atoms with Crippen molar-refractivity contribution in [2.75, 3.05) is 5.32 Å². The van der Waals surface area contributed by atoms with Gasteiger partial charge in [0.05, 0.1) is 16.0 Å². The average Bonchev–Trinajstić information content (AvgIpc) is 2.93. The standard InChI is InChI=1S/C14H11Cl2N5OS/c1-8(12(22)18-11-7-9(15)3-4-10(11)16)23-14-19-13-17-5-2-6-21(13)20-14/h2-8H,1H3,(H,18,22). The minimum atomic E-state index is -0.414. The Bertz CT molecular complexity index is 836. The summed E-state index contributed by atoms with van der Waals surface area (Å²) in [4.78, 5) is 20.6. The Morgan fingerprint density at radius 1 is 1.39 bits per heavy atom. The normalized spacial score (nSPS) is 12.3. The van der Waals surface area contributed by atoms with Crippen LogP contribution in [0.25, 0.3) is 5.78 Å². The maximum absolute atomic E-state index is 12.3. The molecule has 2 heterocycles. The van der Waals surface area contributed by atoms with E-state index in [0.29, 0.717) is 26.7 Å². The second kappa shape index (κ2) is 6.74. The molecule has 0 radical (unpaired) electrons. The van der Waals surface area contributed by atoms with E-state index in [0.717, 1.165) is 0 Å². The quantitative estimate of drug-likeness (QED) is 0.713. The van der Waals surface area contributed by atoms with E-state index in [2.05, 4.69) is 20.4 Å². The molecule has 0 saturated carbocycles. The number of carbonyl (C=O) groups is 1. The van der Waals surface area contributed by atoms with Crippen LogP contribution in [0.1, 0.15) is 6.92 Å². The van der Waals surface area contributed by atoms with E-state index in [-0.39, 0.29) is 5.91 Å². The van der Waals surface area contributed by atoms with Gasteiger partial charge in [0.1, 0.15) is 0 Å². The molecule has 0 saturated heterocycles. The molecule has 0 bridgehead atoms. The summed E-state index contributed by atoms with van der Waals surface area (Å²) in [5, 5.41) is 7.99. The van der Waals surface area contributed by atoms with Crippen LogP contribution in [0.15, 0.2) is 41.8 Å². The Morgan fingerprint density at radius 3 is 3.00 bits per heavy atom. The summed E-state index contributed by atoms with van der Waals surface area (Å²) < 4.78 is 1.56. The molecule has 3 aromatic rings. The van der Waals surface area contributed by atoms with Gasteiger partial charge in [-0.05, 0) is 31.2 Å². The first-order chi connectivity index (χ1) is 11.0. The molecule has 1 N–H and O–H groups in total. The fourth-order valence-corrected chi connectivity index (χ4v) is 2.89. The Balaban J connectivity index is 1.71. The first-order valence-electron chi connectivity index (χ1n) is 6.63. The molecular weight excluding hydrogens is 357 g/mol. The van der Waals surface area contributed by atoms with Gasteiger partial charge in [0.2, 0.25) is 11.1 Å². The van der Waals surface area contributed by atoms with Gasteiger partial charge >= 0.3 is 0 Å². The highest BCUT2D eigenvalue weighted by atomic mass is 35.5. The SMILES string of the molecule is CC(Sc1nc2ncccn2n1)C(=O)Nc1cc(Cl)ccc1Cl. The Morgan fingerprint density at radius 2 is 2.22 bits per heavy atom. The second-order valence-corrected chi connectivity index (χ2v) is 6.78. The number of nitrogens with one attached hydrogen (secondary N) is 1. The van der Waals surface area contributed by atoms with Gasteiger partial charge < -0.3 is 5.32 Å². The number of rotatable bonds is 4. The number of hydrogen-bond acceptors (Lipinski definition) is 5. The number of benzene rings is 1. The highest BCUT2D eigenvalue weighted by Gasteiger charge is 2.18. The minimum Gasteiger partial charge on any atom is -0.324 e. The first kappa shape index (κ1) is 16.0. The summed E-state index contributed by atoms with van der Waals surface area (Å²) in [6, 6.07) is 6.65. The van der Waals surface area contributed by atoms with Gasteiger partial charge in [-0.15, -0.1) is 5.10 Å². The summed E-state index contributed by atoms with van der Waals surface area (Å²) in [7, 11) is 0. The van der Waals surface area contributed by atoms with E-state index in [9.17, 15) is 4.79 Å².